The Kier molecular flexibility index (Phi) is 8.93. The van der Waals surface area contributed by atoms with Crippen molar-refractivity contribution in [1.82, 2.24) is 10.2 Å². The van der Waals surface area contributed by atoms with E-state index < -0.39 is 0 Å². The van der Waals surface area contributed by atoms with Gasteiger partial charge in [0.2, 0.25) is 0 Å². The van der Waals surface area contributed by atoms with E-state index in [0.717, 1.165) is 35.1 Å². The molecule has 1 aliphatic heterocycles. The van der Waals surface area contributed by atoms with E-state index in [2.05, 4.69) is 77.8 Å². The van der Waals surface area contributed by atoms with Crippen molar-refractivity contribution in [2.75, 3.05) is 26.2 Å². The number of hydrogen-bond acceptors (Lipinski definition) is 3. The van der Waals surface area contributed by atoms with E-state index in [4.69, 9.17) is 0 Å². The van der Waals surface area contributed by atoms with Gasteiger partial charge in [-0.25, -0.2) is 0 Å². The van der Waals surface area contributed by atoms with Gasteiger partial charge in [0.05, 0.1) is 6.04 Å². The van der Waals surface area contributed by atoms with Gasteiger partial charge in [-0.1, -0.05) is 12.1 Å². The van der Waals surface area contributed by atoms with Crippen molar-refractivity contribution in [3.63, 3.8) is 0 Å². The predicted molar refractivity (Wildman–Crippen MR) is 107 cm³/mol. The van der Waals surface area contributed by atoms with Crippen LogP contribution in [0, 0.1) is 0 Å². The van der Waals surface area contributed by atoms with E-state index in [1.807, 2.05) is 11.3 Å². The molecule has 1 aromatic carbocycles. The Balaban J connectivity index is 0.00000121. The van der Waals surface area contributed by atoms with Gasteiger partial charge in [0.1, 0.15) is 0 Å². The van der Waals surface area contributed by atoms with Crippen LogP contribution in [0.15, 0.2) is 44.7 Å². The highest BCUT2D eigenvalue weighted by atomic mass is 79.9. The van der Waals surface area contributed by atoms with Gasteiger partial charge in [-0.15, -0.1) is 36.2 Å². The summed E-state index contributed by atoms with van der Waals surface area (Å²) in [7, 11) is 0. The second-order valence-corrected chi connectivity index (χ2v) is 7.57. The average molecular weight is 489 g/mol. The maximum absolute atomic E-state index is 3.63. The Hall–Kier alpha value is 0.380. The fourth-order valence-corrected chi connectivity index (χ4v) is 4.15. The Bertz CT molecular complexity index is 575. The Morgan fingerprint density at radius 1 is 1.05 bits per heavy atom. The van der Waals surface area contributed by atoms with Gasteiger partial charge in [-0.3, -0.25) is 4.90 Å². The zero-order chi connectivity index (χ0) is 13.9. The molecular formula is C15H18Br2Cl2N2S. The molecule has 1 aliphatic rings. The first-order valence-corrected chi connectivity index (χ1v) is 9.15. The van der Waals surface area contributed by atoms with Gasteiger partial charge in [-0.05, 0) is 61.0 Å². The third kappa shape index (κ3) is 4.69. The van der Waals surface area contributed by atoms with Crippen molar-refractivity contribution < 1.29 is 0 Å². The molecule has 0 aliphatic carbocycles. The van der Waals surface area contributed by atoms with Crippen LogP contribution in [0.4, 0.5) is 0 Å². The van der Waals surface area contributed by atoms with Crippen LogP contribution < -0.4 is 5.32 Å². The molecule has 1 N–H and O–H groups in total. The summed E-state index contributed by atoms with van der Waals surface area (Å²) < 4.78 is 2.22. The van der Waals surface area contributed by atoms with Crippen LogP contribution in [0.2, 0.25) is 0 Å². The highest BCUT2D eigenvalue weighted by Gasteiger charge is 2.24. The van der Waals surface area contributed by atoms with Crippen molar-refractivity contribution in [1.29, 1.82) is 0 Å². The number of benzene rings is 1. The smallest absolute Gasteiger partial charge is 0.0697 e. The fourth-order valence-electron chi connectivity index (χ4n) is 2.62. The molecule has 0 amide bonds. The maximum atomic E-state index is 3.63. The van der Waals surface area contributed by atoms with Gasteiger partial charge in [-0.2, -0.15) is 0 Å². The summed E-state index contributed by atoms with van der Waals surface area (Å²) in [6.07, 6.45) is 0. The van der Waals surface area contributed by atoms with Crippen LogP contribution >= 0.6 is 68.0 Å². The van der Waals surface area contributed by atoms with E-state index in [1.165, 1.54) is 10.4 Å². The number of rotatable bonds is 3. The van der Waals surface area contributed by atoms with Gasteiger partial charge in [0.15, 0.2) is 0 Å². The number of halogens is 4. The van der Waals surface area contributed by atoms with Gasteiger partial charge in [0.25, 0.3) is 0 Å². The summed E-state index contributed by atoms with van der Waals surface area (Å²) in [5.41, 5.74) is 1.35. The topological polar surface area (TPSA) is 15.3 Å². The SMILES string of the molecule is Brc1ccc([C@@H](c2cccs2)N2CCNCC2)cc1Br.Cl.Cl. The summed E-state index contributed by atoms with van der Waals surface area (Å²) in [6, 6.07) is 11.3. The molecular weight excluding hydrogens is 471 g/mol. The molecule has 1 saturated heterocycles. The normalized spacial score (nSPS) is 16.5. The fraction of sp³-hybridized carbons (Fsp3) is 0.333. The largest absolute Gasteiger partial charge is 0.314 e. The molecule has 0 radical (unpaired) electrons. The molecule has 1 aromatic heterocycles. The minimum absolute atomic E-state index is 0. The molecule has 122 valence electrons. The highest BCUT2D eigenvalue weighted by Crippen LogP contribution is 2.35. The van der Waals surface area contributed by atoms with Crippen molar-refractivity contribution in [2.45, 2.75) is 6.04 Å². The molecule has 0 unspecified atom stereocenters. The summed E-state index contributed by atoms with van der Waals surface area (Å²) in [5, 5.41) is 5.60. The molecule has 2 aromatic rings. The first-order valence-electron chi connectivity index (χ1n) is 6.69. The van der Waals surface area contributed by atoms with Crippen LogP contribution in [-0.4, -0.2) is 31.1 Å². The van der Waals surface area contributed by atoms with E-state index in [0.29, 0.717) is 6.04 Å². The molecule has 2 nitrogen and oxygen atoms in total. The molecule has 1 atom stereocenters. The second-order valence-electron chi connectivity index (χ2n) is 4.88. The van der Waals surface area contributed by atoms with Crippen molar-refractivity contribution in [3.05, 3.63) is 55.1 Å². The van der Waals surface area contributed by atoms with Crippen LogP contribution in [0.3, 0.4) is 0 Å². The van der Waals surface area contributed by atoms with Crippen LogP contribution in [0.1, 0.15) is 16.5 Å². The monoisotopic (exact) mass is 486 g/mol. The lowest BCUT2D eigenvalue weighted by atomic mass is 10.0. The molecule has 0 bridgehead atoms. The molecule has 2 heterocycles. The number of nitrogens with one attached hydrogen (secondary N) is 1. The third-order valence-electron chi connectivity index (χ3n) is 3.59. The maximum Gasteiger partial charge on any atom is 0.0697 e. The summed E-state index contributed by atoms with van der Waals surface area (Å²) >= 11 is 9.02. The minimum Gasteiger partial charge on any atom is -0.314 e. The number of thiophene rings is 1. The van der Waals surface area contributed by atoms with E-state index in [1.54, 1.807) is 0 Å². The molecule has 0 saturated carbocycles. The van der Waals surface area contributed by atoms with Crippen LogP contribution in [0.25, 0.3) is 0 Å². The van der Waals surface area contributed by atoms with Crippen molar-refractivity contribution >= 4 is 68.0 Å². The van der Waals surface area contributed by atoms with E-state index in [9.17, 15) is 0 Å². The molecule has 0 spiro atoms. The summed E-state index contributed by atoms with van der Waals surface area (Å²) in [6.45, 7) is 4.33. The average Bonchev–Trinajstić information content (AvgIpc) is 2.98. The number of nitrogens with zero attached hydrogens (tertiary/aromatic N) is 1. The van der Waals surface area contributed by atoms with Gasteiger partial charge < -0.3 is 5.32 Å². The zero-order valence-corrected chi connectivity index (χ0v) is 17.4. The van der Waals surface area contributed by atoms with E-state index in [-0.39, 0.29) is 24.8 Å². The lowest BCUT2D eigenvalue weighted by Crippen LogP contribution is -2.45. The first-order chi connectivity index (χ1) is 9.75. The first kappa shape index (κ1) is 20.4. The Morgan fingerprint density at radius 2 is 1.77 bits per heavy atom. The quantitative estimate of drug-likeness (QED) is 0.645. The summed E-state index contributed by atoms with van der Waals surface area (Å²) in [4.78, 5) is 3.99. The number of piperazine rings is 1. The standard InChI is InChI=1S/C15H16Br2N2S.2ClH/c16-12-4-3-11(10-13(12)17)15(14-2-1-9-20-14)19-7-5-18-6-8-19;;/h1-4,9-10,15,18H,5-8H2;2*1H/t15-;;/m0../s1. The van der Waals surface area contributed by atoms with Crippen LogP contribution in [0.5, 0.6) is 0 Å². The molecule has 7 heteroatoms. The molecule has 22 heavy (non-hydrogen) atoms. The van der Waals surface area contributed by atoms with Crippen molar-refractivity contribution in [3.8, 4) is 0 Å². The third-order valence-corrected chi connectivity index (χ3v) is 6.39. The lowest BCUT2D eigenvalue weighted by Gasteiger charge is -2.35. The second kappa shape index (κ2) is 9.62. The van der Waals surface area contributed by atoms with Crippen molar-refractivity contribution in [2.24, 2.45) is 0 Å². The highest BCUT2D eigenvalue weighted by molar-refractivity contribution is 9.13. The van der Waals surface area contributed by atoms with Gasteiger partial charge in [0, 0.05) is 40.0 Å². The number of hydrogen-bond donors (Lipinski definition) is 1. The minimum atomic E-state index is 0. The van der Waals surface area contributed by atoms with Gasteiger partial charge >= 0.3 is 0 Å². The molecule has 1 fully saturated rings. The Labute approximate surface area is 164 Å². The molecule has 3 rings (SSSR count). The van der Waals surface area contributed by atoms with Crippen LogP contribution in [-0.2, 0) is 0 Å². The Morgan fingerprint density at radius 3 is 2.36 bits per heavy atom. The summed E-state index contributed by atoms with van der Waals surface area (Å²) in [5.74, 6) is 0. The lowest BCUT2D eigenvalue weighted by molar-refractivity contribution is 0.200. The van der Waals surface area contributed by atoms with E-state index >= 15 is 0 Å². The zero-order valence-electron chi connectivity index (χ0n) is 11.8. The predicted octanol–water partition coefficient (Wildman–Crippen LogP) is 5.11.